The molecule has 2 bridgehead atoms. The number of carbonyl (C=O) groups excluding carboxylic acids is 2. The van der Waals surface area contributed by atoms with E-state index in [9.17, 15) is 14.4 Å². The van der Waals surface area contributed by atoms with Crippen molar-refractivity contribution in [2.24, 2.45) is 11.8 Å². The molecule has 1 N–H and O–H groups in total. The highest BCUT2D eigenvalue weighted by Gasteiger charge is 2.87. The van der Waals surface area contributed by atoms with E-state index >= 15 is 0 Å². The van der Waals surface area contributed by atoms with Crippen LogP contribution < -0.4 is 0 Å². The summed E-state index contributed by atoms with van der Waals surface area (Å²) in [5, 5.41) is 8.39. The predicted octanol–water partition coefficient (Wildman–Crippen LogP) is 2.91. The van der Waals surface area contributed by atoms with Crippen LogP contribution in [0.15, 0.2) is 10.1 Å². The van der Waals surface area contributed by atoms with Gasteiger partial charge in [0.05, 0.1) is 28.3 Å². The molecule has 1 heterocycles. The Morgan fingerprint density at radius 2 is 1.39 bits per heavy atom. The molecule has 1 aliphatic heterocycles. The Labute approximate surface area is 160 Å². The third-order valence-corrected chi connectivity index (χ3v) is 8.81. The lowest BCUT2D eigenvalue weighted by Crippen LogP contribution is -2.50. The summed E-state index contributed by atoms with van der Waals surface area (Å²) >= 11 is 37.7. The first-order valence-corrected chi connectivity index (χ1v) is 8.59. The monoisotopic (exact) mass is 439 g/mol. The number of nitrogens with zero attached hydrogens (tertiary/aromatic N) is 1. The number of halogens is 6. The second-order valence-corrected chi connectivity index (χ2v) is 8.83. The summed E-state index contributed by atoms with van der Waals surface area (Å²) in [5.74, 6) is -5.02. The second-order valence-electron chi connectivity index (χ2n) is 5.55. The fraction of sp³-hybridized carbons (Fsp3) is 0.583. The molecule has 5 nitrogen and oxygen atoms in total. The van der Waals surface area contributed by atoms with Crippen molar-refractivity contribution in [2.45, 2.75) is 20.5 Å². The summed E-state index contributed by atoms with van der Waals surface area (Å²) < 4.78 is -1.98. The number of fused-ring (bicyclic) bond motifs is 5. The van der Waals surface area contributed by atoms with Gasteiger partial charge in [-0.15, -0.1) is 23.2 Å². The van der Waals surface area contributed by atoms with Crippen LogP contribution in [0.4, 0.5) is 0 Å². The summed E-state index contributed by atoms with van der Waals surface area (Å²) in [5.41, 5.74) is 0. The minimum Gasteiger partial charge on any atom is -0.481 e. The number of alkyl halides is 4. The highest BCUT2D eigenvalue weighted by Crippen LogP contribution is 2.77. The zero-order valence-electron chi connectivity index (χ0n) is 11.0. The average Bonchev–Trinajstić information content (AvgIpc) is 2.82. The van der Waals surface area contributed by atoms with Gasteiger partial charge in [0.2, 0.25) is 11.8 Å². The largest absolute Gasteiger partial charge is 0.481 e. The van der Waals surface area contributed by atoms with E-state index in [1.165, 1.54) is 0 Å². The van der Waals surface area contributed by atoms with Crippen molar-refractivity contribution >= 4 is 87.4 Å². The van der Waals surface area contributed by atoms with Crippen molar-refractivity contribution in [3.05, 3.63) is 10.1 Å². The number of carbonyl (C=O) groups is 3. The number of carboxylic acids is 1. The molecular formula is C12H7Cl6NO4. The summed E-state index contributed by atoms with van der Waals surface area (Å²) in [6.07, 6.45) is -0.413. The van der Waals surface area contributed by atoms with Gasteiger partial charge in [0.25, 0.3) is 0 Å². The van der Waals surface area contributed by atoms with Crippen molar-refractivity contribution in [3.8, 4) is 0 Å². The highest BCUT2D eigenvalue weighted by atomic mass is 35.5. The van der Waals surface area contributed by atoms with E-state index in [0.717, 1.165) is 4.90 Å². The van der Waals surface area contributed by atoms with Crippen LogP contribution in [0.5, 0.6) is 0 Å². The lowest BCUT2D eigenvalue weighted by molar-refractivity contribution is -0.142. The van der Waals surface area contributed by atoms with Gasteiger partial charge in [0.1, 0.15) is 9.75 Å². The lowest BCUT2D eigenvalue weighted by Gasteiger charge is -2.34. The SMILES string of the molecule is O=C(O)CCN1C(=O)[C@@H]2[C@@H](C1=O)[C@@]1(Cl)C(Cl)=C(Cl)[C@@]2(Cl)C1(Cl)Cl. The van der Waals surface area contributed by atoms with Crippen LogP contribution in [0.3, 0.4) is 0 Å². The molecule has 3 rings (SSSR count). The Morgan fingerprint density at radius 1 is 1.00 bits per heavy atom. The van der Waals surface area contributed by atoms with Gasteiger partial charge < -0.3 is 5.11 Å². The fourth-order valence-electron chi connectivity index (χ4n) is 3.48. The molecule has 0 aromatic heterocycles. The van der Waals surface area contributed by atoms with Gasteiger partial charge in [-0.2, -0.15) is 0 Å². The van der Waals surface area contributed by atoms with E-state index in [4.69, 9.17) is 74.7 Å². The Balaban J connectivity index is 2.11. The van der Waals surface area contributed by atoms with Crippen molar-refractivity contribution in [2.75, 3.05) is 6.54 Å². The molecule has 0 unspecified atom stereocenters. The van der Waals surface area contributed by atoms with E-state index in [0.29, 0.717) is 0 Å². The van der Waals surface area contributed by atoms with E-state index in [1.54, 1.807) is 0 Å². The quantitative estimate of drug-likeness (QED) is 0.540. The smallest absolute Gasteiger partial charge is 0.305 e. The van der Waals surface area contributed by atoms with Crippen LogP contribution in [0.25, 0.3) is 0 Å². The minimum atomic E-state index is -1.98. The highest BCUT2D eigenvalue weighted by molar-refractivity contribution is 6.66. The maximum absolute atomic E-state index is 12.6. The molecule has 126 valence electrons. The van der Waals surface area contributed by atoms with Gasteiger partial charge in [-0.1, -0.05) is 46.4 Å². The molecular weight excluding hydrogens is 435 g/mol. The van der Waals surface area contributed by atoms with E-state index < -0.39 is 50.1 Å². The van der Waals surface area contributed by atoms with E-state index in [1.807, 2.05) is 0 Å². The van der Waals surface area contributed by atoms with Crippen molar-refractivity contribution < 1.29 is 19.5 Å². The van der Waals surface area contributed by atoms with Crippen LogP contribution in [0.2, 0.25) is 0 Å². The van der Waals surface area contributed by atoms with Crippen LogP contribution in [0, 0.1) is 11.8 Å². The summed E-state index contributed by atoms with van der Waals surface area (Å²) in [6, 6.07) is 0. The Kier molecular flexibility index (Phi) is 3.93. The molecule has 11 heteroatoms. The molecule has 23 heavy (non-hydrogen) atoms. The van der Waals surface area contributed by atoms with Gasteiger partial charge in [-0.25, -0.2) is 0 Å². The third-order valence-electron chi connectivity index (χ3n) is 4.55. The normalized spacial score (nSPS) is 41.0. The van der Waals surface area contributed by atoms with E-state index in [2.05, 4.69) is 0 Å². The maximum atomic E-state index is 12.6. The Morgan fingerprint density at radius 3 is 1.74 bits per heavy atom. The second kappa shape index (κ2) is 5.05. The molecule has 2 amide bonds. The first kappa shape index (κ1) is 17.9. The topological polar surface area (TPSA) is 74.7 Å². The summed E-state index contributed by atoms with van der Waals surface area (Å²) in [6.45, 7) is -0.313. The van der Waals surface area contributed by atoms with Gasteiger partial charge in [0.15, 0.2) is 4.33 Å². The number of rotatable bonds is 3. The molecule has 2 fully saturated rings. The van der Waals surface area contributed by atoms with Crippen molar-refractivity contribution in [1.82, 2.24) is 4.90 Å². The molecule has 0 spiro atoms. The number of hydrogen-bond acceptors (Lipinski definition) is 3. The van der Waals surface area contributed by atoms with E-state index in [-0.39, 0.29) is 16.6 Å². The number of amides is 2. The van der Waals surface area contributed by atoms with Crippen LogP contribution in [0.1, 0.15) is 6.42 Å². The zero-order valence-corrected chi connectivity index (χ0v) is 15.5. The van der Waals surface area contributed by atoms with Crippen LogP contribution >= 0.6 is 69.6 Å². The third kappa shape index (κ3) is 1.76. The van der Waals surface area contributed by atoms with Gasteiger partial charge in [-0.05, 0) is 0 Å². The number of likely N-dealkylation sites (tertiary alicyclic amines) is 1. The molecule has 4 atom stereocenters. The van der Waals surface area contributed by atoms with Crippen molar-refractivity contribution in [1.29, 1.82) is 0 Å². The Bertz CT molecular complexity index is 647. The summed E-state index contributed by atoms with van der Waals surface area (Å²) in [4.78, 5) is 33.0. The lowest BCUT2D eigenvalue weighted by atomic mass is 9.84. The molecule has 1 saturated carbocycles. The molecule has 1 saturated heterocycles. The maximum Gasteiger partial charge on any atom is 0.305 e. The molecule has 0 radical (unpaired) electrons. The number of aliphatic carboxylic acids is 1. The summed E-state index contributed by atoms with van der Waals surface area (Å²) in [7, 11) is 0. The first-order valence-electron chi connectivity index (χ1n) is 6.32. The number of carboxylic acid groups (broad SMARTS) is 1. The van der Waals surface area contributed by atoms with Gasteiger partial charge in [-0.3, -0.25) is 19.3 Å². The number of imide groups is 1. The minimum absolute atomic E-state index is 0.177. The molecule has 0 aromatic carbocycles. The van der Waals surface area contributed by atoms with Crippen LogP contribution in [-0.2, 0) is 14.4 Å². The average molecular weight is 442 g/mol. The zero-order chi connectivity index (χ0) is 17.5. The number of allylic oxidation sites excluding steroid dienone is 2. The van der Waals surface area contributed by atoms with Gasteiger partial charge in [0, 0.05) is 6.54 Å². The predicted molar refractivity (Wildman–Crippen MR) is 86.3 cm³/mol. The van der Waals surface area contributed by atoms with Crippen LogP contribution in [-0.4, -0.2) is 48.4 Å². The number of hydrogen-bond donors (Lipinski definition) is 1. The molecule has 0 aromatic rings. The van der Waals surface area contributed by atoms with Crippen molar-refractivity contribution in [3.63, 3.8) is 0 Å². The fourth-order valence-corrected chi connectivity index (χ4v) is 6.41. The van der Waals surface area contributed by atoms with Gasteiger partial charge >= 0.3 is 5.97 Å². The standard InChI is InChI=1S/C12H7Cl6NO4/c13-6-7(14)11(16)5-4(10(6,15)12(11,17)18)8(22)19(9(5)23)2-1-3(20)21/h4-5H,1-2H2,(H,20,21)/t4-,5-,10+,11+/m0/s1. The molecule has 3 aliphatic rings. The Hall–Kier alpha value is 0.0900. The molecule has 2 aliphatic carbocycles. The first-order chi connectivity index (χ1) is 10.4.